The topological polar surface area (TPSA) is 96.6 Å². The molecule has 1 heterocycles. The second-order valence-corrected chi connectivity index (χ2v) is 6.93. The second kappa shape index (κ2) is 8.00. The highest BCUT2D eigenvalue weighted by atomic mass is 32.2. The Morgan fingerprint density at radius 3 is 2.78 bits per heavy atom. The standard InChI is InChI=1S/C18H15FN4O3S/c1-11(13-5-7-14(19)8-6-13)21-22-18-20-17(24)16(27-18)10-12-3-2-4-15(9-12)23(25)26/h2-9,16,21H,1,10H2,(H,20,22,24)/t16-/m1/s1. The fraction of sp³-hybridized carbons (Fsp3) is 0.111. The zero-order valence-electron chi connectivity index (χ0n) is 14.0. The molecule has 0 aromatic heterocycles. The Morgan fingerprint density at radius 1 is 1.33 bits per heavy atom. The molecule has 2 aromatic carbocycles. The molecule has 138 valence electrons. The number of carbonyl (C=O) groups excluding carboxylic acids is 1. The molecule has 7 nitrogen and oxygen atoms in total. The van der Waals surface area contributed by atoms with Gasteiger partial charge < -0.3 is 5.32 Å². The first-order valence-electron chi connectivity index (χ1n) is 7.92. The molecule has 27 heavy (non-hydrogen) atoms. The fourth-order valence-corrected chi connectivity index (χ4v) is 3.41. The van der Waals surface area contributed by atoms with Gasteiger partial charge in [-0.1, -0.05) is 30.5 Å². The van der Waals surface area contributed by atoms with Crippen LogP contribution in [0.3, 0.4) is 0 Å². The highest BCUT2D eigenvalue weighted by molar-refractivity contribution is 8.15. The van der Waals surface area contributed by atoms with E-state index in [9.17, 15) is 19.3 Å². The van der Waals surface area contributed by atoms with Gasteiger partial charge in [0, 0.05) is 12.1 Å². The second-order valence-electron chi connectivity index (χ2n) is 5.74. The largest absolute Gasteiger partial charge is 0.303 e. The zero-order valence-corrected chi connectivity index (χ0v) is 14.8. The van der Waals surface area contributed by atoms with Crippen molar-refractivity contribution in [3.05, 3.63) is 82.2 Å². The summed E-state index contributed by atoms with van der Waals surface area (Å²) in [4.78, 5) is 22.5. The SMILES string of the molecule is C=C(N/N=C1\NC(=O)[C@@H](Cc2cccc([N+](=O)[O-])c2)S1)c1ccc(F)cc1. The van der Waals surface area contributed by atoms with Crippen molar-refractivity contribution in [2.45, 2.75) is 11.7 Å². The number of hydrazone groups is 1. The van der Waals surface area contributed by atoms with Crippen LogP contribution in [0.2, 0.25) is 0 Å². The molecule has 1 amide bonds. The average molecular weight is 386 g/mol. The number of thioether (sulfide) groups is 1. The van der Waals surface area contributed by atoms with Crippen LogP contribution >= 0.6 is 11.8 Å². The van der Waals surface area contributed by atoms with E-state index in [-0.39, 0.29) is 17.4 Å². The Bertz CT molecular complexity index is 930. The Kier molecular flexibility index (Phi) is 5.51. The van der Waals surface area contributed by atoms with Crippen LogP contribution in [0, 0.1) is 15.9 Å². The highest BCUT2D eigenvalue weighted by Gasteiger charge is 2.30. The van der Waals surface area contributed by atoms with Gasteiger partial charge in [0.25, 0.3) is 5.69 Å². The van der Waals surface area contributed by atoms with Crippen molar-refractivity contribution < 1.29 is 14.1 Å². The van der Waals surface area contributed by atoms with Crippen LogP contribution in [-0.4, -0.2) is 21.2 Å². The van der Waals surface area contributed by atoms with Gasteiger partial charge in [0.05, 0.1) is 15.9 Å². The van der Waals surface area contributed by atoms with Gasteiger partial charge >= 0.3 is 0 Å². The molecule has 0 aliphatic carbocycles. The van der Waals surface area contributed by atoms with E-state index in [1.807, 2.05) is 0 Å². The average Bonchev–Trinajstić information content (AvgIpc) is 3.00. The number of rotatable bonds is 6. The summed E-state index contributed by atoms with van der Waals surface area (Å²) in [5.41, 5.74) is 4.55. The molecule has 3 rings (SSSR count). The van der Waals surface area contributed by atoms with E-state index in [1.54, 1.807) is 24.3 Å². The Hall–Kier alpha value is -3.20. The number of nitro benzene ring substituents is 1. The van der Waals surface area contributed by atoms with Crippen molar-refractivity contribution in [2.75, 3.05) is 0 Å². The molecule has 0 saturated carbocycles. The van der Waals surface area contributed by atoms with E-state index in [1.165, 1.54) is 36.0 Å². The van der Waals surface area contributed by atoms with E-state index in [2.05, 4.69) is 22.4 Å². The Balaban J connectivity index is 1.62. The number of non-ortho nitro benzene ring substituents is 1. The summed E-state index contributed by atoms with van der Waals surface area (Å²) in [7, 11) is 0. The van der Waals surface area contributed by atoms with Crippen molar-refractivity contribution in [1.29, 1.82) is 0 Å². The molecule has 1 fully saturated rings. The number of amides is 1. The van der Waals surface area contributed by atoms with Crippen LogP contribution in [0.25, 0.3) is 5.70 Å². The molecule has 9 heteroatoms. The van der Waals surface area contributed by atoms with Gasteiger partial charge in [-0.15, -0.1) is 5.10 Å². The number of benzene rings is 2. The lowest BCUT2D eigenvalue weighted by Gasteiger charge is -2.06. The monoisotopic (exact) mass is 386 g/mol. The number of carbonyl (C=O) groups is 1. The molecule has 0 bridgehead atoms. The predicted molar refractivity (Wildman–Crippen MR) is 102 cm³/mol. The van der Waals surface area contributed by atoms with Crippen molar-refractivity contribution in [1.82, 2.24) is 10.7 Å². The van der Waals surface area contributed by atoms with Gasteiger partial charge in [-0.2, -0.15) is 0 Å². The van der Waals surface area contributed by atoms with Gasteiger partial charge in [0.1, 0.15) is 5.82 Å². The van der Waals surface area contributed by atoms with Crippen LogP contribution in [0.4, 0.5) is 10.1 Å². The van der Waals surface area contributed by atoms with Crippen molar-refractivity contribution in [3.63, 3.8) is 0 Å². The van der Waals surface area contributed by atoms with Crippen LogP contribution in [-0.2, 0) is 11.2 Å². The molecule has 2 aromatic rings. The minimum atomic E-state index is -0.469. The number of nitrogens with one attached hydrogen (secondary N) is 2. The molecule has 1 aliphatic heterocycles. The Labute approximate surface area is 158 Å². The summed E-state index contributed by atoms with van der Waals surface area (Å²) in [5, 5.41) is 17.6. The first kappa shape index (κ1) is 18.6. The molecule has 0 unspecified atom stereocenters. The number of halogens is 1. The number of nitrogens with zero attached hydrogens (tertiary/aromatic N) is 2. The fourth-order valence-electron chi connectivity index (χ4n) is 2.44. The minimum absolute atomic E-state index is 0.0120. The first-order chi connectivity index (χ1) is 12.9. The van der Waals surface area contributed by atoms with Crippen molar-refractivity contribution in [3.8, 4) is 0 Å². The maximum Gasteiger partial charge on any atom is 0.269 e. The number of hydrogen-bond donors (Lipinski definition) is 2. The molecule has 1 saturated heterocycles. The van der Waals surface area contributed by atoms with Crippen LogP contribution in [0.15, 0.2) is 60.2 Å². The molecular formula is C18H15FN4O3S. The van der Waals surface area contributed by atoms with E-state index in [0.29, 0.717) is 28.4 Å². The Morgan fingerprint density at radius 2 is 2.07 bits per heavy atom. The van der Waals surface area contributed by atoms with Gasteiger partial charge in [0.15, 0.2) is 5.17 Å². The summed E-state index contributed by atoms with van der Waals surface area (Å²) in [6, 6.07) is 12.0. The van der Waals surface area contributed by atoms with Gasteiger partial charge in [0.2, 0.25) is 5.91 Å². The lowest BCUT2D eigenvalue weighted by Crippen LogP contribution is -2.26. The molecule has 0 spiro atoms. The summed E-state index contributed by atoms with van der Waals surface area (Å²) in [6.45, 7) is 3.82. The van der Waals surface area contributed by atoms with E-state index >= 15 is 0 Å². The summed E-state index contributed by atoms with van der Waals surface area (Å²) in [5.74, 6) is -0.570. The van der Waals surface area contributed by atoms with Crippen LogP contribution in [0.5, 0.6) is 0 Å². The first-order valence-corrected chi connectivity index (χ1v) is 8.80. The summed E-state index contributed by atoms with van der Waals surface area (Å²) in [6.07, 6.45) is 0.343. The summed E-state index contributed by atoms with van der Waals surface area (Å²) >= 11 is 1.22. The maximum absolute atomic E-state index is 13.0. The maximum atomic E-state index is 13.0. The third kappa shape index (κ3) is 4.70. The van der Waals surface area contributed by atoms with Gasteiger partial charge in [-0.3, -0.25) is 20.3 Å². The lowest BCUT2D eigenvalue weighted by molar-refractivity contribution is -0.384. The lowest BCUT2D eigenvalue weighted by atomic mass is 10.1. The van der Waals surface area contributed by atoms with Crippen LogP contribution < -0.4 is 10.7 Å². The number of hydrogen-bond acceptors (Lipinski definition) is 6. The third-order valence-corrected chi connectivity index (χ3v) is 4.89. The zero-order chi connectivity index (χ0) is 19.4. The molecule has 2 N–H and O–H groups in total. The minimum Gasteiger partial charge on any atom is -0.303 e. The quantitative estimate of drug-likeness (QED) is 0.588. The number of nitro groups is 1. The van der Waals surface area contributed by atoms with E-state index < -0.39 is 10.2 Å². The molecule has 1 atom stereocenters. The van der Waals surface area contributed by atoms with Gasteiger partial charge in [-0.05, 0) is 41.8 Å². The van der Waals surface area contributed by atoms with Crippen molar-refractivity contribution in [2.24, 2.45) is 5.10 Å². The highest BCUT2D eigenvalue weighted by Crippen LogP contribution is 2.25. The van der Waals surface area contributed by atoms with Crippen LogP contribution in [0.1, 0.15) is 11.1 Å². The van der Waals surface area contributed by atoms with Crippen molar-refractivity contribution >= 4 is 34.2 Å². The normalized spacial score (nSPS) is 17.6. The van der Waals surface area contributed by atoms with E-state index in [4.69, 9.17) is 0 Å². The third-order valence-electron chi connectivity index (χ3n) is 3.80. The molecule has 1 aliphatic rings. The van der Waals surface area contributed by atoms with E-state index in [0.717, 1.165) is 0 Å². The summed E-state index contributed by atoms with van der Waals surface area (Å²) < 4.78 is 13.0. The smallest absolute Gasteiger partial charge is 0.269 e. The molecular weight excluding hydrogens is 371 g/mol. The molecule has 0 radical (unpaired) electrons. The predicted octanol–water partition coefficient (Wildman–Crippen LogP) is 3.04. The van der Waals surface area contributed by atoms with Gasteiger partial charge in [-0.25, -0.2) is 4.39 Å². The number of amidine groups is 1.